The van der Waals surface area contributed by atoms with Gasteiger partial charge in [0.05, 0.1) is 5.75 Å². The van der Waals surface area contributed by atoms with Crippen LogP contribution in [0.4, 0.5) is 5.69 Å². The molecule has 1 aliphatic rings. The molecular formula is C20H20N4O2S2. The highest BCUT2D eigenvalue weighted by Gasteiger charge is 2.21. The molecule has 1 aliphatic heterocycles. The van der Waals surface area contributed by atoms with E-state index in [2.05, 4.69) is 21.6 Å². The molecule has 1 amide bonds. The van der Waals surface area contributed by atoms with Gasteiger partial charge in [-0.3, -0.25) is 9.59 Å². The number of thiophene rings is 1. The van der Waals surface area contributed by atoms with Crippen LogP contribution in [0.25, 0.3) is 0 Å². The number of carbonyl (C=O) groups excluding carboxylic acids is 2. The van der Waals surface area contributed by atoms with Crippen molar-refractivity contribution in [3.8, 4) is 0 Å². The minimum atomic E-state index is 0.0390. The second-order valence-corrected chi connectivity index (χ2v) is 8.52. The van der Waals surface area contributed by atoms with E-state index >= 15 is 0 Å². The number of nitrogens with zero attached hydrogens (tertiary/aromatic N) is 4. The second-order valence-electron chi connectivity index (χ2n) is 6.54. The van der Waals surface area contributed by atoms with Crippen LogP contribution in [0.3, 0.4) is 0 Å². The van der Waals surface area contributed by atoms with E-state index in [1.807, 2.05) is 22.8 Å². The molecule has 0 aliphatic carbocycles. The van der Waals surface area contributed by atoms with Gasteiger partial charge in [0.25, 0.3) is 0 Å². The third kappa shape index (κ3) is 4.34. The molecule has 8 heteroatoms. The number of ketones is 1. The first-order valence-corrected chi connectivity index (χ1v) is 11.0. The Hall–Kier alpha value is -2.45. The van der Waals surface area contributed by atoms with E-state index in [4.69, 9.17) is 0 Å². The SMILES string of the molecule is O=C(CSc1nncn1CCc1cccs1)c1ccc(N2CCCC2=O)cc1. The highest BCUT2D eigenvalue weighted by molar-refractivity contribution is 7.99. The van der Waals surface area contributed by atoms with Gasteiger partial charge in [-0.15, -0.1) is 21.5 Å². The molecule has 0 radical (unpaired) electrons. The van der Waals surface area contributed by atoms with Crippen molar-refractivity contribution in [1.29, 1.82) is 0 Å². The van der Waals surface area contributed by atoms with E-state index in [-0.39, 0.29) is 11.7 Å². The lowest BCUT2D eigenvalue weighted by molar-refractivity contribution is -0.117. The Morgan fingerprint density at radius 3 is 2.79 bits per heavy atom. The summed E-state index contributed by atoms with van der Waals surface area (Å²) in [6, 6.07) is 11.5. The largest absolute Gasteiger partial charge is 0.312 e. The first-order valence-electron chi connectivity index (χ1n) is 9.17. The Morgan fingerprint density at radius 1 is 1.21 bits per heavy atom. The number of rotatable bonds is 8. The molecule has 2 aromatic heterocycles. The highest BCUT2D eigenvalue weighted by Crippen LogP contribution is 2.23. The van der Waals surface area contributed by atoms with Crippen molar-refractivity contribution in [2.24, 2.45) is 0 Å². The maximum atomic E-state index is 12.5. The number of hydrogen-bond donors (Lipinski definition) is 0. The van der Waals surface area contributed by atoms with Crippen molar-refractivity contribution in [3.05, 3.63) is 58.5 Å². The summed E-state index contributed by atoms with van der Waals surface area (Å²) in [7, 11) is 0. The van der Waals surface area contributed by atoms with Crippen molar-refractivity contribution < 1.29 is 9.59 Å². The van der Waals surface area contributed by atoms with Gasteiger partial charge >= 0.3 is 0 Å². The van der Waals surface area contributed by atoms with E-state index in [0.29, 0.717) is 17.7 Å². The molecule has 3 aromatic rings. The Labute approximate surface area is 171 Å². The smallest absolute Gasteiger partial charge is 0.227 e. The first-order chi connectivity index (χ1) is 13.7. The molecule has 1 fully saturated rings. The number of anilines is 1. The molecule has 0 bridgehead atoms. The van der Waals surface area contributed by atoms with Crippen molar-refractivity contribution in [3.63, 3.8) is 0 Å². The van der Waals surface area contributed by atoms with Gasteiger partial charge in [-0.25, -0.2) is 0 Å². The van der Waals surface area contributed by atoms with Gasteiger partial charge in [-0.2, -0.15) is 0 Å². The summed E-state index contributed by atoms with van der Waals surface area (Å²) in [5, 5.41) is 10.9. The quantitative estimate of drug-likeness (QED) is 0.417. The topological polar surface area (TPSA) is 68.1 Å². The number of amides is 1. The van der Waals surface area contributed by atoms with Gasteiger partial charge in [0.1, 0.15) is 6.33 Å². The van der Waals surface area contributed by atoms with Crippen molar-refractivity contribution in [2.75, 3.05) is 17.2 Å². The zero-order valence-electron chi connectivity index (χ0n) is 15.3. The fourth-order valence-electron chi connectivity index (χ4n) is 3.16. The molecule has 0 saturated carbocycles. The summed E-state index contributed by atoms with van der Waals surface area (Å²) < 4.78 is 1.99. The molecule has 0 atom stereocenters. The van der Waals surface area contributed by atoms with Crippen LogP contribution in [-0.4, -0.2) is 38.8 Å². The summed E-state index contributed by atoms with van der Waals surface area (Å²) in [4.78, 5) is 27.5. The summed E-state index contributed by atoms with van der Waals surface area (Å²) in [5.41, 5.74) is 1.51. The lowest BCUT2D eigenvalue weighted by Gasteiger charge is -2.15. The molecule has 144 valence electrons. The van der Waals surface area contributed by atoms with Crippen LogP contribution < -0.4 is 4.90 Å². The highest BCUT2D eigenvalue weighted by atomic mass is 32.2. The first kappa shape index (κ1) is 18.9. The Balaban J connectivity index is 1.33. The van der Waals surface area contributed by atoms with Crippen LogP contribution >= 0.6 is 23.1 Å². The normalized spacial score (nSPS) is 14.0. The van der Waals surface area contributed by atoms with Crippen LogP contribution in [0, 0.1) is 0 Å². The number of aryl methyl sites for hydroxylation is 2. The predicted molar refractivity (Wildman–Crippen MR) is 111 cm³/mol. The molecule has 0 N–H and O–H groups in total. The molecule has 1 saturated heterocycles. The van der Waals surface area contributed by atoms with E-state index in [1.165, 1.54) is 16.6 Å². The standard InChI is InChI=1S/C20H20N4O2S2/c25-18(15-5-7-16(8-6-15)24-10-1-4-19(24)26)13-28-20-22-21-14-23(20)11-9-17-3-2-12-27-17/h2-3,5-8,12,14H,1,4,9-11,13H2. The number of hydrogen-bond acceptors (Lipinski definition) is 6. The van der Waals surface area contributed by atoms with Crippen molar-refractivity contribution in [1.82, 2.24) is 14.8 Å². The Morgan fingerprint density at radius 2 is 2.07 bits per heavy atom. The van der Waals surface area contributed by atoms with Crippen molar-refractivity contribution in [2.45, 2.75) is 31.0 Å². The van der Waals surface area contributed by atoms with Crippen LogP contribution in [0.2, 0.25) is 0 Å². The molecule has 4 rings (SSSR count). The van der Waals surface area contributed by atoms with Gasteiger partial charge in [-0.1, -0.05) is 17.8 Å². The number of aromatic nitrogens is 3. The van der Waals surface area contributed by atoms with Crippen LogP contribution in [0.15, 0.2) is 53.3 Å². The van der Waals surface area contributed by atoms with Gasteiger partial charge in [0.15, 0.2) is 10.9 Å². The molecule has 28 heavy (non-hydrogen) atoms. The maximum absolute atomic E-state index is 12.5. The minimum absolute atomic E-state index is 0.0390. The zero-order valence-corrected chi connectivity index (χ0v) is 16.9. The predicted octanol–water partition coefficient (Wildman–Crippen LogP) is 3.68. The number of thioether (sulfide) groups is 1. The lowest BCUT2D eigenvalue weighted by Crippen LogP contribution is -2.23. The summed E-state index contributed by atoms with van der Waals surface area (Å²) >= 11 is 3.14. The maximum Gasteiger partial charge on any atom is 0.227 e. The average Bonchev–Trinajstić information content (AvgIpc) is 3.46. The Kier molecular flexibility index (Phi) is 5.87. The van der Waals surface area contributed by atoms with Gasteiger partial charge < -0.3 is 9.47 Å². The number of Topliss-reactive ketones (excluding diaryl/α,β-unsaturated/α-hetero) is 1. The van der Waals surface area contributed by atoms with Gasteiger partial charge in [-0.05, 0) is 48.6 Å². The van der Waals surface area contributed by atoms with Crippen LogP contribution in [-0.2, 0) is 17.8 Å². The fourth-order valence-corrected chi connectivity index (χ4v) is 4.69. The zero-order chi connectivity index (χ0) is 19.3. The third-order valence-electron chi connectivity index (χ3n) is 4.67. The van der Waals surface area contributed by atoms with E-state index in [1.54, 1.807) is 34.7 Å². The number of carbonyl (C=O) groups is 2. The second kappa shape index (κ2) is 8.70. The van der Waals surface area contributed by atoms with Crippen molar-refractivity contribution >= 4 is 40.5 Å². The molecule has 0 spiro atoms. The lowest BCUT2D eigenvalue weighted by atomic mass is 10.1. The van der Waals surface area contributed by atoms with E-state index in [9.17, 15) is 9.59 Å². The molecule has 1 aromatic carbocycles. The number of benzene rings is 1. The molecule has 0 unspecified atom stereocenters. The van der Waals surface area contributed by atoms with Gasteiger partial charge in [0.2, 0.25) is 5.91 Å². The summed E-state index contributed by atoms with van der Waals surface area (Å²) in [6.45, 7) is 1.55. The monoisotopic (exact) mass is 412 g/mol. The minimum Gasteiger partial charge on any atom is -0.312 e. The Bertz CT molecular complexity index is 951. The third-order valence-corrected chi connectivity index (χ3v) is 6.58. The molecule has 6 nitrogen and oxygen atoms in total. The van der Waals surface area contributed by atoms with Crippen LogP contribution in [0.5, 0.6) is 0 Å². The summed E-state index contributed by atoms with van der Waals surface area (Å²) in [5.74, 6) is 0.494. The van der Waals surface area contributed by atoms with E-state index in [0.717, 1.165) is 36.8 Å². The average molecular weight is 413 g/mol. The summed E-state index contributed by atoms with van der Waals surface area (Å²) in [6.07, 6.45) is 4.13. The van der Waals surface area contributed by atoms with Crippen LogP contribution in [0.1, 0.15) is 28.1 Å². The van der Waals surface area contributed by atoms with Gasteiger partial charge in [0, 0.05) is 35.6 Å². The molecule has 3 heterocycles. The molecular weight excluding hydrogens is 392 g/mol. The van der Waals surface area contributed by atoms with E-state index < -0.39 is 0 Å². The fraction of sp³-hybridized carbons (Fsp3) is 0.300.